The van der Waals surface area contributed by atoms with Crippen LogP contribution >= 0.6 is 0 Å². The third-order valence-electron chi connectivity index (χ3n) is 3.12. The lowest BCUT2D eigenvalue weighted by Crippen LogP contribution is -2.11. The molecular formula is C16H14F3NO2S. The predicted molar refractivity (Wildman–Crippen MR) is 82.0 cm³/mol. The van der Waals surface area contributed by atoms with Crippen molar-refractivity contribution in [3.05, 3.63) is 70.8 Å². The molecule has 23 heavy (non-hydrogen) atoms. The van der Waals surface area contributed by atoms with E-state index in [2.05, 4.69) is 0 Å². The Labute approximate surface area is 133 Å². The summed E-state index contributed by atoms with van der Waals surface area (Å²) in [6.07, 6.45) is -4.42. The van der Waals surface area contributed by atoms with Crippen molar-refractivity contribution in [1.29, 1.82) is 0 Å². The van der Waals surface area contributed by atoms with Gasteiger partial charge in [-0.25, -0.2) is 0 Å². The molecule has 0 fully saturated rings. The maximum Gasteiger partial charge on any atom is 0.416 e. The van der Waals surface area contributed by atoms with Gasteiger partial charge in [-0.3, -0.25) is 9.00 Å². The van der Waals surface area contributed by atoms with Crippen molar-refractivity contribution in [3.63, 3.8) is 0 Å². The number of alkyl halides is 3. The Morgan fingerprint density at radius 3 is 2.13 bits per heavy atom. The van der Waals surface area contributed by atoms with Crippen LogP contribution in [-0.4, -0.2) is 10.1 Å². The van der Waals surface area contributed by atoms with Crippen LogP contribution < -0.4 is 5.73 Å². The van der Waals surface area contributed by atoms with E-state index < -0.39 is 28.4 Å². The van der Waals surface area contributed by atoms with E-state index in [1.54, 1.807) is 18.2 Å². The Hall–Kier alpha value is -2.15. The topological polar surface area (TPSA) is 60.2 Å². The van der Waals surface area contributed by atoms with Crippen molar-refractivity contribution in [2.45, 2.75) is 17.7 Å². The molecule has 0 saturated heterocycles. The SMILES string of the molecule is NC(=O)c1cccc(C[S@@](=O)Cc2cccc(C(F)(F)F)c2)c1. The molecule has 3 nitrogen and oxygen atoms in total. The fourth-order valence-electron chi connectivity index (χ4n) is 2.07. The molecule has 0 heterocycles. The van der Waals surface area contributed by atoms with E-state index >= 15 is 0 Å². The van der Waals surface area contributed by atoms with E-state index in [1.807, 2.05) is 0 Å². The standard InChI is InChI=1S/C16H14F3NO2S/c17-16(18,19)14-6-2-4-12(8-14)10-23(22)9-11-3-1-5-13(7-11)15(20)21/h1-8H,9-10H2,(H2,20,21)/t23-/m1/s1. The molecule has 2 aromatic rings. The van der Waals surface area contributed by atoms with Gasteiger partial charge in [0.15, 0.2) is 0 Å². The van der Waals surface area contributed by atoms with E-state index in [4.69, 9.17) is 5.73 Å². The van der Waals surface area contributed by atoms with Crippen LogP contribution in [0.1, 0.15) is 27.0 Å². The van der Waals surface area contributed by atoms with E-state index in [9.17, 15) is 22.2 Å². The van der Waals surface area contributed by atoms with Crippen LogP contribution in [0.2, 0.25) is 0 Å². The molecule has 0 aliphatic rings. The Kier molecular flexibility index (Phi) is 5.20. The number of nitrogens with two attached hydrogens (primary N) is 1. The summed E-state index contributed by atoms with van der Waals surface area (Å²) in [5.74, 6) is -0.447. The molecule has 2 rings (SSSR count). The van der Waals surface area contributed by atoms with Gasteiger partial charge in [-0.15, -0.1) is 0 Å². The Bertz CT molecular complexity index is 744. The summed E-state index contributed by atoms with van der Waals surface area (Å²) in [5.41, 5.74) is 5.71. The van der Waals surface area contributed by atoms with Crippen LogP contribution in [0.5, 0.6) is 0 Å². The average molecular weight is 341 g/mol. The molecule has 122 valence electrons. The first-order valence-electron chi connectivity index (χ1n) is 6.65. The van der Waals surface area contributed by atoms with Gasteiger partial charge in [0, 0.05) is 27.9 Å². The molecule has 0 spiro atoms. The zero-order valence-corrected chi connectivity index (χ0v) is 12.8. The van der Waals surface area contributed by atoms with E-state index in [1.165, 1.54) is 18.2 Å². The summed E-state index contributed by atoms with van der Waals surface area (Å²) in [7, 11) is -1.40. The van der Waals surface area contributed by atoms with Gasteiger partial charge in [-0.1, -0.05) is 30.3 Å². The summed E-state index contributed by atoms with van der Waals surface area (Å²) in [5, 5.41) is 0. The Morgan fingerprint density at radius 2 is 1.57 bits per heavy atom. The molecule has 7 heteroatoms. The fourth-order valence-corrected chi connectivity index (χ4v) is 3.28. The van der Waals surface area contributed by atoms with Crippen molar-refractivity contribution >= 4 is 16.7 Å². The van der Waals surface area contributed by atoms with Crippen molar-refractivity contribution in [2.75, 3.05) is 0 Å². The average Bonchev–Trinajstić information content (AvgIpc) is 2.46. The zero-order chi connectivity index (χ0) is 17.0. The van der Waals surface area contributed by atoms with Crippen molar-refractivity contribution < 1.29 is 22.2 Å². The van der Waals surface area contributed by atoms with E-state index in [-0.39, 0.29) is 11.5 Å². The lowest BCUT2D eigenvalue weighted by molar-refractivity contribution is -0.137. The van der Waals surface area contributed by atoms with Gasteiger partial charge >= 0.3 is 6.18 Å². The molecule has 1 atom stereocenters. The zero-order valence-electron chi connectivity index (χ0n) is 12.0. The first-order valence-corrected chi connectivity index (χ1v) is 8.14. The molecule has 0 aliphatic heterocycles. The quantitative estimate of drug-likeness (QED) is 0.907. The smallest absolute Gasteiger partial charge is 0.366 e. The normalized spacial score (nSPS) is 12.8. The number of hydrogen-bond acceptors (Lipinski definition) is 2. The molecule has 0 aliphatic carbocycles. The summed E-state index contributed by atoms with van der Waals surface area (Å²) in [6.45, 7) is 0. The highest BCUT2D eigenvalue weighted by Gasteiger charge is 2.30. The van der Waals surface area contributed by atoms with Crippen LogP contribution in [0.15, 0.2) is 48.5 Å². The highest BCUT2D eigenvalue weighted by Crippen LogP contribution is 2.29. The highest BCUT2D eigenvalue weighted by atomic mass is 32.2. The molecule has 0 radical (unpaired) electrons. The van der Waals surface area contributed by atoms with Crippen LogP contribution in [0.3, 0.4) is 0 Å². The van der Waals surface area contributed by atoms with Gasteiger partial charge in [0.25, 0.3) is 0 Å². The van der Waals surface area contributed by atoms with E-state index in [0.717, 1.165) is 12.1 Å². The molecule has 0 saturated carbocycles. The second kappa shape index (κ2) is 6.95. The minimum absolute atomic E-state index is 0.00468. The highest BCUT2D eigenvalue weighted by molar-refractivity contribution is 7.83. The number of carbonyl (C=O) groups is 1. The summed E-state index contributed by atoms with van der Waals surface area (Å²) in [6, 6.07) is 11.2. The van der Waals surface area contributed by atoms with Gasteiger partial charge in [0.05, 0.1) is 5.56 Å². The molecule has 0 unspecified atom stereocenters. The van der Waals surface area contributed by atoms with Crippen molar-refractivity contribution in [2.24, 2.45) is 5.73 Å². The van der Waals surface area contributed by atoms with E-state index in [0.29, 0.717) is 16.7 Å². The molecule has 2 aromatic carbocycles. The third-order valence-corrected chi connectivity index (χ3v) is 4.43. The van der Waals surface area contributed by atoms with Crippen LogP contribution in [0.25, 0.3) is 0 Å². The number of carbonyl (C=O) groups excluding carboxylic acids is 1. The third kappa shape index (κ3) is 4.92. The lowest BCUT2D eigenvalue weighted by Gasteiger charge is -2.09. The van der Waals surface area contributed by atoms with Gasteiger partial charge < -0.3 is 5.73 Å². The van der Waals surface area contributed by atoms with Gasteiger partial charge in [0.1, 0.15) is 0 Å². The van der Waals surface area contributed by atoms with Crippen LogP contribution in [0.4, 0.5) is 13.2 Å². The molecule has 0 aromatic heterocycles. The van der Waals surface area contributed by atoms with Crippen molar-refractivity contribution in [1.82, 2.24) is 0 Å². The maximum atomic E-state index is 12.7. The van der Waals surface area contributed by atoms with Gasteiger partial charge in [-0.05, 0) is 29.3 Å². The number of benzene rings is 2. The largest absolute Gasteiger partial charge is 0.416 e. The Morgan fingerprint density at radius 1 is 1.00 bits per heavy atom. The maximum absolute atomic E-state index is 12.7. The minimum Gasteiger partial charge on any atom is -0.366 e. The van der Waals surface area contributed by atoms with Gasteiger partial charge in [-0.2, -0.15) is 13.2 Å². The summed E-state index contributed by atoms with van der Waals surface area (Å²) < 4.78 is 50.1. The number of primary amides is 1. The number of amides is 1. The summed E-state index contributed by atoms with van der Waals surface area (Å²) >= 11 is 0. The van der Waals surface area contributed by atoms with Crippen molar-refractivity contribution in [3.8, 4) is 0 Å². The predicted octanol–water partition coefficient (Wildman–Crippen LogP) is 3.25. The first-order chi connectivity index (χ1) is 10.8. The van der Waals surface area contributed by atoms with Gasteiger partial charge in [0.2, 0.25) is 5.91 Å². The second-order valence-electron chi connectivity index (χ2n) is 4.99. The Balaban J connectivity index is 2.08. The lowest BCUT2D eigenvalue weighted by atomic mass is 10.1. The number of halogens is 3. The first kappa shape index (κ1) is 17.2. The minimum atomic E-state index is -4.42. The molecule has 1 amide bonds. The van der Waals surface area contributed by atoms with Crippen LogP contribution in [0, 0.1) is 0 Å². The summed E-state index contributed by atoms with van der Waals surface area (Å²) in [4.78, 5) is 11.1. The monoisotopic (exact) mass is 341 g/mol. The second-order valence-corrected chi connectivity index (χ2v) is 6.45. The number of rotatable bonds is 5. The molecule has 0 bridgehead atoms. The van der Waals surface area contributed by atoms with Crippen LogP contribution in [-0.2, 0) is 28.5 Å². The number of hydrogen-bond donors (Lipinski definition) is 1. The fraction of sp³-hybridized carbons (Fsp3) is 0.188. The molecule has 2 N–H and O–H groups in total. The molecular weight excluding hydrogens is 327 g/mol.